The van der Waals surface area contributed by atoms with E-state index in [-0.39, 0.29) is 0 Å². The SMILES string of the molecule is C=C/C=C(\C=C/C)NC(=NC)/C(C=C)=C/C=C\C. The predicted octanol–water partition coefficient (Wildman–Crippen LogP) is 3.94. The van der Waals surface area contributed by atoms with Gasteiger partial charge in [-0.2, -0.15) is 0 Å². The standard InChI is InChI=1S/C16H22N2/c1-6-10-13-14(9-4)16(17-5)18-15(11-7-2)12-8-3/h6-13H,2,4H2,1,3,5H3,(H,17,18)/b10-6-,12-8-,14-13+,15-11+. The van der Waals surface area contributed by atoms with Crippen molar-refractivity contribution in [2.75, 3.05) is 7.05 Å². The molecule has 0 heterocycles. The highest BCUT2D eigenvalue weighted by atomic mass is 15.0. The molecule has 0 unspecified atom stereocenters. The summed E-state index contributed by atoms with van der Waals surface area (Å²) in [7, 11) is 1.75. The maximum Gasteiger partial charge on any atom is 0.132 e. The van der Waals surface area contributed by atoms with Gasteiger partial charge in [-0.3, -0.25) is 4.99 Å². The Morgan fingerprint density at radius 1 is 1.11 bits per heavy atom. The van der Waals surface area contributed by atoms with Gasteiger partial charge in [-0.25, -0.2) is 0 Å². The van der Waals surface area contributed by atoms with Crippen molar-refractivity contribution >= 4 is 5.84 Å². The molecule has 0 fully saturated rings. The molecular formula is C16H22N2. The summed E-state index contributed by atoms with van der Waals surface area (Å²) >= 11 is 0. The summed E-state index contributed by atoms with van der Waals surface area (Å²) in [6.45, 7) is 11.4. The maximum atomic E-state index is 4.24. The third kappa shape index (κ3) is 5.85. The molecule has 0 aromatic carbocycles. The Hall–Kier alpha value is -2.09. The van der Waals surface area contributed by atoms with Crippen molar-refractivity contribution < 1.29 is 0 Å². The zero-order chi connectivity index (χ0) is 13.8. The summed E-state index contributed by atoms with van der Waals surface area (Å²) in [5.41, 5.74) is 1.87. The van der Waals surface area contributed by atoms with Crippen molar-refractivity contribution in [3.63, 3.8) is 0 Å². The normalized spacial score (nSPS) is 14.3. The van der Waals surface area contributed by atoms with Crippen molar-refractivity contribution in [3.8, 4) is 0 Å². The monoisotopic (exact) mass is 242 g/mol. The third-order valence-electron chi connectivity index (χ3n) is 2.09. The van der Waals surface area contributed by atoms with Crippen molar-refractivity contribution in [1.29, 1.82) is 0 Å². The minimum atomic E-state index is 0.773. The molecule has 0 bridgehead atoms. The fraction of sp³-hybridized carbons (Fsp3) is 0.188. The van der Waals surface area contributed by atoms with E-state index in [4.69, 9.17) is 0 Å². The van der Waals surface area contributed by atoms with Gasteiger partial charge in [-0.15, -0.1) is 0 Å². The molecule has 0 aromatic rings. The molecule has 0 amide bonds. The molecule has 96 valence electrons. The van der Waals surface area contributed by atoms with Gasteiger partial charge >= 0.3 is 0 Å². The molecule has 2 heteroatoms. The van der Waals surface area contributed by atoms with Crippen LogP contribution in [0.25, 0.3) is 0 Å². The fourth-order valence-electron chi connectivity index (χ4n) is 1.28. The van der Waals surface area contributed by atoms with Gasteiger partial charge in [0.25, 0.3) is 0 Å². The molecular weight excluding hydrogens is 220 g/mol. The first-order chi connectivity index (χ1) is 8.73. The highest BCUT2D eigenvalue weighted by molar-refractivity contribution is 6.02. The van der Waals surface area contributed by atoms with Gasteiger partial charge in [0.2, 0.25) is 0 Å². The van der Waals surface area contributed by atoms with Crippen LogP contribution in [0.1, 0.15) is 13.8 Å². The van der Waals surface area contributed by atoms with Gasteiger partial charge in [0.05, 0.1) is 0 Å². The lowest BCUT2D eigenvalue weighted by Crippen LogP contribution is -2.23. The number of hydrogen-bond acceptors (Lipinski definition) is 1. The molecule has 18 heavy (non-hydrogen) atoms. The van der Waals surface area contributed by atoms with Crippen LogP contribution in [0, 0.1) is 0 Å². The van der Waals surface area contributed by atoms with Gasteiger partial charge < -0.3 is 5.32 Å². The van der Waals surface area contributed by atoms with E-state index >= 15 is 0 Å². The summed E-state index contributed by atoms with van der Waals surface area (Å²) in [4.78, 5) is 4.24. The topological polar surface area (TPSA) is 24.4 Å². The summed E-state index contributed by atoms with van der Waals surface area (Å²) in [6.07, 6.45) is 15.2. The van der Waals surface area contributed by atoms with Crippen LogP contribution in [0.2, 0.25) is 0 Å². The molecule has 0 atom stereocenters. The first kappa shape index (κ1) is 15.9. The zero-order valence-electron chi connectivity index (χ0n) is 11.5. The number of nitrogens with one attached hydrogen (secondary N) is 1. The Labute approximate surface area is 111 Å². The van der Waals surface area contributed by atoms with E-state index in [1.54, 1.807) is 19.2 Å². The van der Waals surface area contributed by atoms with Gasteiger partial charge in [0, 0.05) is 18.3 Å². The summed E-state index contributed by atoms with van der Waals surface area (Å²) < 4.78 is 0. The molecule has 0 saturated carbocycles. The fourth-order valence-corrected chi connectivity index (χ4v) is 1.28. The number of amidine groups is 1. The van der Waals surface area contributed by atoms with E-state index < -0.39 is 0 Å². The first-order valence-corrected chi connectivity index (χ1v) is 5.88. The minimum Gasteiger partial charge on any atom is -0.340 e. The Morgan fingerprint density at radius 2 is 1.83 bits per heavy atom. The molecule has 0 aliphatic heterocycles. The molecule has 0 aromatic heterocycles. The molecule has 0 aliphatic rings. The average molecular weight is 242 g/mol. The smallest absolute Gasteiger partial charge is 0.132 e. The van der Waals surface area contributed by atoms with E-state index in [0.717, 1.165) is 17.1 Å². The number of nitrogens with zero attached hydrogens (tertiary/aromatic N) is 1. The minimum absolute atomic E-state index is 0.773. The Bertz CT molecular complexity index is 418. The highest BCUT2D eigenvalue weighted by Gasteiger charge is 2.02. The molecule has 0 aliphatic carbocycles. The quantitative estimate of drug-likeness (QED) is 0.426. The number of rotatable bonds is 6. The molecule has 2 nitrogen and oxygen atoms in total. The molecule has 1 N–H and O–H groups in total. The third-order valence-corrected chi connectivity index (χ3v) is 2.09. The summed E-state index contributed by atoms with van der Waals surface area (Å²) in [5.74, 6) is 0.773. The lowest BCUT2D eigenvalue weighted by Gasteiger charge is -2.10. The molecule has 0 spiro atoms. The van der Waals surface area contributed by atoms with Crippen LogP contribution < -0.4 is 5.32 Å². The van der Waals surface area contributed by atoms with Crippen molar-refractivity contribution in [2.24, 2.45) is 4.99 Å². The predicted molar refractivity (Wildman–Crippen MR) is 82.7 cm³/mol. The van der Waals surface area contributed by atoms with Crippen LogP contribution in [-0.2, 0) is 0 Å². The Morgan fingerprint density at radius 3 is 2.28 bits per heavy atom. The van der Waals surface area contributed by atoms with Crippen LogP contribution in [-0.4, -0.2) is 12.9 Å². The second-order valence-electron chi connectivity index (χ2n) is 3.41. The second-order valence-corrected chi connectivity index (χ2v) is 3.41. The van der Waals surface area contributed by atoms with Crippen LogP contribution in [0.4, 0.5) is 0 Å². The maximum absolute atomic E-state index is 4.24. The lowest BCUT2D eigenvalue weighted by atomic mass is 10.2. The largest absolute Gasteiger partial charge is 0.340 e. The van der Waals surface area contributed by atoms with Crippen LogP contribution in [0.15, 0.2) is 78.0 Å². The zero-order valence-corrected chi connectivity index (χ0v) is 11.5. The Kier molecular flexibility index (Phi) is 8.92. The lowest BCUT2D eigenvalue weighted by molar-refractivity contribution is 1.15. The van der Waals surface area contributed by atoms with Crippen molar-refractivity contribution in [1.82, 2.24) is 5.32 Å². The van der Waals surface area contributed by atoms with Crippen LogP contribution in [0.5, 0.6) is 0 Å². The van der Waals surface area contributed by atoms with Gasteiger partial charge in [-0.05, 0) is 26.0 Å². The van der Waals surface area contributed by atoms with E-state index in [2.05, 4.69) is 23.5 Å². The van der Waals surface area contributed by atoms with Crippen LogP contribution in [0.3, 0.4) is 0 Å². The first-order valence-electron chi connectivity index (χ1n) is 5.88. The summed E-state index contributed by atoms with van der Waals surface area (Å²) in [6, 6.07) is 0. The van der Waals surface area contributed by atoms with Gasteiger partial charge in [-0.1, -0.05) is 49.6 Å². The van der Waals surface area contributed by atoms with Gasteiger partial charge in [0.15, 0.2) is 0 Å². The Balaban J connectivity index is 5.16. The highest BCUT2D eigenvalue weighted by Crippen LogP contribution is 2.02. The van der Waals surface area contributed by atoms with E-state index in [1.807, 2.05) is 50.3 Å². The van der Waals surface area contributed by atoms with E-state index in [9.17, 15) is 0 Å². The molecule has 0 radical (unpaired) electrons. The van der Waals surface area contributed by atoms with Gasteiger partial charge in [0.1, 0.15) is 5.84 Å². The molecule has 0 saturated heterocycles. The van der Waals surface area contributed by atoms with E-state index in [0.29, 0.717) is 0 Å². The van der Waals surface area contributed by atoms with Crippen LogP contribution >= 0.6 is 0 Å². The number of allylic oxidation sites excluding steroid dienone is 7. The second kappa shape index (κ2) is 10.1. The average Bonchev–Trinajstić information content (AvgIpc) is 2.38. The van der Waals surface area contributed by atoms with E-state index in [1.165, 1.54) is 0 Å². The van der Waals surface area contributed by atoms with Crippen molar-refractivity contribution in [2.45, 2.75) is 13.8 Å². The van der Waals surface area contributed by atoms with Crippen molar-refractivity contribution in [3.05, 3.63) is 73.0 Å². The number of aliphatic imine (C=N–C) groups is 1. The number of hydrogen-bond donors (Lipinski definition) is 1. The molecule has 0 rings (SSSR count). The summed E-state index contributed by atoms with van der Waals surface area (Å²) in [5, 5.41) is 3.25.